The van der Waals surface area contributed by atoms with Gasteiger partial charge in [0.15, 0.2) is 0 Å². The molecule has 3 rings (SSSR count). The van der Waals surface area contributed by atoms with E-state index in [9.17, 15) is 15.0 Å². The molecule has 0 spiro atoms. The van der Waals surface area contributed by atoms with Crippen LogP contribution in [0, 0.1) is 0 Å². The van der Waals surface area contributed by atoms with E-state index in [1.54, 1.807) is 22.0 Å². The number of likely N-dealkylation sites (tertiary alicyclic amines) is 1. The lowest BCUT2D eigenvalue weighted by Gasteiger charge is -2.40. The largest absolute Gasteiger partial charge is 0.389 e. The van der Waals surface area contributed by atoms with Crippen molar-refractivity contribution in [3.8, 4) is 0 Å². The zero-order valence-electron chi connectivity index (χ0n) is 13.5. The third-order valence-corrected chi connectivity index (χ3v) is 5.10. The number of aromatic nitrogens is 3. The summed E-state index contributed by atoms with van der Waals surface area (Å²) >= 11 is 0. The average molecular weight is 322 g/mol. The molecule has 23 heavy (non-hydrogen) atoms. The van der Waals surface area contributed by atoms with Gasteiger partial charge in [0.05, 0.1) is 31.3 Å². The quantitative estimate of drug-likeness (QED) is 0.852. The molecule has 2 N–H and O–H groups in total. The smallest absolute Gasteiger partial charge is 0.225 e. The highest BCUT2D eigenvalue weighted by molar-refractivity contribution is 5.77. The Hall–Kier alpha value is -1.47. The summed E-state index contributed by atoms with van der Waals surface area (Å²) in [4.78, 5) is 14.3. The van der Waals surface area contributed by atoms with Crippen molar-refractivity contribution >= 4 is 5.91 Å². The molecular weight excluding hydrogens is 296 g/mol. The summed E-state index contributed by atoms with van der Waals surface area (Å²) in [7, 11) is 0. The minimum atomic E-state index is -0.975. The Morgan fingerprint density at radius 1 is 1.09 bits per heavy atom. The first-order valence-corrected chi connectivity index (χ1v) is 8.55. The highest BCUT2D eigenvalue weighted by atomic mass is 16.3. The fourth-order valence-corrected chi connectivity index (χ4v) is 3.85. The van der Waals surface area contributed by atoms with Crippen LogP contribution in [-0.2, 0) is 11.3 Å². The second-order valence-corrected chi connectivity index (χ2v) is 7.21. The van der Waals surface area contributed by atoms with E-state index in [0.717, 1.165) is 25.7 Å². The van der Waals surface area contributed by atoms with Crippen molar-refractivity contribution in [1.29, 1.82) is 0 Å². The number of β-amino-alcohol motifs (C(OH)–C–C–N with tert-alkyl or cyclic N) is 1. The van der Waals surface area contributed by atoms with Crippen molar-refractivity contribution in [2.24, 2.45) is 0 Å². The maximum Gasteiger partial charge on any atom is 0.225 e. The molecule has 0 aromatic carbocycles. The summed E-state index contributed by atoms with van der Waals surface area (Å²) in [5.74, 6) is -0.0499. The number of aliphatic hydroxyl groups is 2. The van der Waals surface area contributed by atoms with Crippen LogP contribution >= 0.6 is 0 Å². The second kappa shape index (κ2) is 6.57. The van der Waals surface area contributed by atoms with Crippen LogP contribution in [0.4, 0.5) is 0 Å². The lowest BCUT2D eigenvalue weighted by Crippen LogP contribution is -2.53. The molecule has 1 amide bonds. The Morgan fingerprint density at radius 3 is 2.52 bits per heavy atom. The minimum Gasteiger partial charge on any atom is -0.389 e. The monoisotopic (exact) mass is 322 g/mol. The zero-order chi connectivity index (χ0) is 16.3. The van der Waals surface area contributed by atoms with E-state index in [4.69, 9.17) is 0 Å². The molecule has 1 aliphatic carbocycles. The van der Waals surface area contributed by atoms with Gasteiger partial charge in [-0.15, -0.1) is 5.10 Å². The lowest BCUT2D eigenvalue weighted by molar-refractivity contribution is -0.145. The molecule has 1 atom stereocenters. The van der Waals surface area contributed by atoms with Gasteiger partial charge >= 0.3 is 0 Å². The van der Waals surface area contributed by atoms with E-state index in [1.165, 1.54) is 0 Å². The van der Waals surface area contributed by atoms with E-state index in [-0.39, 0.29) is 12.3 Å². The van der Waals surface area contributed by atoms with Gasteiger partial charge in [0.1, 0.15) is 5.60 Å². The maximum atomic E-state index is 12.6. The third kappa shape index (κ3) is 4.09. The molecule has 2 aliphatic rings. The molecule has 2 fully saturated rings. The van der Waals surface area contributed by atoms with E-state index >= 15 is 0 Å². The molecule has 7 heteroatoms. The first-order valence-electron chi connectivity index (χ1n) is 8.55. The van der Waals surface area contributed by atoms with Gasteiger partial charge in [0.2, 0.25) is 5.91 Å². The fraction of sp³-hybridized carbons (Fsp3) is 0.812. The van der Waals surface area contributed by atoms with Crippen LogP contribution in [-0.4, -0.2) is 60.3 Å². The topological polar surface area (TPSA) is 91.5 Å². The van der Waals surface area contributed by atoms with Crippen LogP contribution in [0.1, 0.15) is 51.4 Å². The molecule has 0 radical (unpaired) electrons. The standard InChI is InChI=1S/C16H26N4O3/c21-14(11-15(22)5-2-1-3-6-15)19-9-4-7-16(23,12-19)13-20-10-8-17-18-20/h8,10,22-23H,1-7,9,11-13H2. The first-order chi connectivity index (χ1) is 11.0. The Labute approximate surface area is 136 Å². The van der Waals surface area contributed by atoms with Gasteiger partial charge < -0.3 is 15.1 Å². The van der Waals surface area contributed by atoms with Gasteiger partial charge in [0.25, 0.3) is 0 Å². The highest BCUT2D eigenvalue weighted by Gasteiger charge is 2.39. The van der Waals surface area contributed by atoms with Crippen LogP contribution < -0.4 is 0 Å². The van der Waals surface area contributed by atoms with E-state index in [0.29, 0.717) is 38.9 Å². The van der Waals surface area contributed by atoms with Crippen molar-refractivity contribution in [2.45, 2.75) is 69.1 Å². The van der Waals surface area contributed by atoms with Gasteiger partial charge in [-0.25, -0.2) is 4.68 Å². The van der Waals surface area contributed by atoms with Gasteiger partial charge in [-0.05, 0) is 25.7 Å². The summed E-state index contributed by atoms with van der Waals surface area (Å²) in [6.45, 7) is 1.28. The Balaban J connectivity index is 1.60. The lowest BCUT2D eigenvalue weighted by atomic mass is 9.82. The predicted molar refractivity (Wildman–Crippen MR) is 83.4 cm³/mol. The molecule has 0 bridgehead atoms. The zero-order valence-corrected chi connectivity index (χ0v) is 13.5. The number of carbonyl (C=O) groups excluding carboxylic acids is 1. The molecule has 1 saturated carbocycles. The van der Waals surface area contributed by atoms with Crippen LogP contribution in [0.2, 0.25) is 0 Å². The number of rotatable bonds is 4. The number of hydrogen-bond donors (Lipinski definition) is 2. The third-order valence-electron chi connectivity index (χ3n) is 5.10. The fourth-order valence-electron chi connectivity index (χ4n) is 3.85. The molecule has 128 valence electrons. The van der Waals surface area contributed by atoms with Crippen LogP contribution in [0.25, 0.3) is 0 Å². The van der Waals surface area contributed by atoms with Crippen molar-refractivity contribution in [3.63, 3.8) is 0 Å². The molecule has 7 nitrogen and oxygen atoms in total. The molecule has 2 heterocycles. The van der Waals surface area contributed by atoms with E-state index in [1.807, 2.05) is 0 Å². The minimum absolute atomic E-state index is 0.0499. The van der Waals surface area contributed by atoms with Gasteiger partial charge in [-0.1, -0.05) is 24.5 Å². The summed E-state index contributed by atoms with van der Waals surface area (Å²) in [5.41, 5.74) is -1.83. The number of hydrogen-bond acceptors (Lipinski definition) is 5. The van der Waals surface area contributed by atoms with E-state index < -0.39 is 11.2 Å². The van der Waals surface area contributed by atoms with E-state index in [2.05, 4.69) is 10.3 Å². The van der Waals surface area contributed by atoms with Gasteiger partial charge in [0, 0.05) is 12.7 Å². The first kappa shape index (κ1) is 16.4. The van der Waals surface area contributed by atoms with Gasteiger partial charge in [-0.3, -0.25) is 4.79 Å². The molecule has 1 aromatic heterocycles. The summed E-state index contributed by atoms with van der Waals surface area (Å²) in [6.07, 6.45) is 9.38. The summed E-state index contributed by atoms with van der Waals surface area (Å²) < 4.78 is 1.60. The van der Waals surface area contributed by atoms with Crippen molar-refractivity contribution in [2.75, 3.05) is 13.1 Å². The highest BCUT2D eigenvalue weighted by Crippen LogP contribution is 2.32. The van der Waals surface area contributed by atoms with Crippen LogP contribution in [0.3, 0.4) is 0 Å². The molecule has 1 aliphatic heterocycles. The molecule has 1 saturated heterocycles. The Bertz CT molecular complexity index is 527. The average Bonchev–Trinajstić information content (AvgIpc) is 2.99. The van der Waals surface area contributed by atoms with Crippen LogP contribution in [0.5, 0.6) is 0 Å². The predicted octanol–water partition coefficient (Wildman–Crippen LogP) is 0.717. The normalized spacial score (nSPS) is 27.8. The summed E-state index contributed by atoms with van der Waals surface area (Å²) in [5, 5.41) is 29.0. The molecular formula is C16H26N4O3. The Kier molecular flexibility index (Phi) is 4.68. The Morgan fingerprint density at radius 2 is 1.83 bits per heavy atom. The number of piperidine rings is 1. The maximum absolute atomic E-state index is 12.6. The van der Waals surface area contributed by atoms with Crippen molar-refractivity contribution in [3.05, 3.63) is 12.4 Å². The van der Waals surface area contributed by atoms with Gasteiger partial charge in [-0.2, -0.15) is 0 Å². The SMILES string of the molecule is O=C(CC1(O)CCCCC1)N1CCCC(O)(Cn2ccnn2)C1. The molecule has 1 aromatic rings. The van der Waals surface area contributed by atoms with Crippen molar-refractivity contribution in [1.82, 2.24) is 19.9 Å². The van der Waals surface area contributed by atoms with Crippen molar-refractivity contribution < 1.29 is 15.0 Å². The molecule has 1 unspecified atom stereocenters. The number of carbonyl (C=O) groups is 1. The second-order valence-electron chi connectivity index (χ2n) is 7.21. The number of nitrogens with zero attached hydrogens (tertiary/aromatic N) is 4. The number of amides is 1. The summed E-state index contributed by atoms with van der Waals surface area (Å²) in [6, 6.07) is 0. The van der Waals surface area contributed by atoms with Crippen LogP contribution in [0.15, 0.2) is 12.4 Å².